The maximum Gasteiger partial charge on any atom is 0.200 e. The highest BCUT2D eigenvalue weighted by Crippen LogP contribution is 2.33. The van der Waals surface area contributed by atoms with Gasteiger partial charge in [-0.15, -0.1) is 0 Å². The van der Waals surface area contributed by atoms with Crippen LogP contribution in [0.3, 0.4) is 0 Å². The van der Waals surface area contributed by atoms with Crippen molar-refractivity contribution in [3.63, 3.8) is 0 Å². The first kappa shape index (κ1) is 20.4. The quantitative estimate of drug-likeness (QED) is 0.330. The Balaban J connectivity index is 1.51. The van der Waals surface area contributed by atoms with Crippen molar-refractivity contribution in [2.45, 2.75) is 13.1 Å². The van der Waals surface area contributed by atoms with Gasteiger partial charge < -0.3 is 9.15 Å². The molecule has 0 bridgehead atoms. The monoisotopic (exact) mass is 471 g/mol. The zero-order valence-electron chi connectivity index (χ0n) is 16.2. The number of ether oxygens (including phenoxy) is 1. The van der Waals surface area contributed by atoms with Crippen molar-refractivity contribution in [3.8, 4) is 16.9 Å². The molecule has 0 N–H and O–H groups in total. The summed E-state index contributed by atoms with van der Waals surface area (Å²) < 4.78 is 11.9. The summed E-state index contributed by atoms with van der Waals surface area (Å²) in [6, 6.07) is 16.1. The molecule has 4 aromatic rings. The van der Waals surface area contributed by atoms with Gasteiger partial charge in [0, 0.05) is 28.2 Å². The lowest BCUT2D eigenvalue weighted by atomic mass is 10.0. The lowest BCUT2D eigenvalue weighted by molar-refractivity contribution is 0.0890. The average Bonchev–Trinajstić information content (AvgIpc) is 2.76. The Morgan fingerprint density at radius 3 is 2.48 bits per heavy atom. The van der Waals surface area contributed by atoms with Crippen LogP contribution in [0.25, 0.3) is 22.1 Å². The molecule has 0 atom stereocenters. The van der Waals surface area contributed by atoms with E-state index in [9.17, 15) is 4.79 Å². The molecule has 7 heteroatoms. The highest BCUT2D eigenvalue weighted by atomic mass is 35.5. The van der Waals surface area contributed by atoms with Crippen molar-refractivity contribution in [3.05, 3.63) is 97.3 Å². The topological polar surface area (TPSA) is 42.7 Å². The van der Waals surface area contributed by atoms with E-state index in [0.29, 0.717) is 57.2 Å². The first-order chi connectivity index (χ1) is 15.0. The molecule has 0 fully saturated rings. The smallest absolute Gasteiger partial charge is 0.200 e. The Morgan fingerprint density at radius 2 is 1.71 bits per heavy atom. The summed E-state index contributed by atoms with van der Waals surface area (Å²) in [6.45, 7) is 1.55. The van der Waals surface area contributed by atoms with E-state index in [-0.39, 0.29) is 5.43 Å². The van der Waals surface area contributed by atoms with Gasteiger partial charge in [-0.05, 0) is 47.5 Å². The number of nitrogens with zero attached hydrogens (tertiary/aromatic N) is 1. The van der Waals surface area contributed by atoms with Crippen molar-refractivity contribution in [1.82, 2.24) is 4.90 Å². The Bertz CT molecular complexity index is 1350. The Labute approximate surface area is 193 Å². The molecular formula is C24H16Cl3NO3. The van der Waals surface area contributed by atoms with Gasteiger partial charge in [-0.2, -0.15) is 0 Å². The normalized spacial score (nSPS) is 13.8. The molecule has 1 aliphatic heterocycles. The first-order valence-corrected chi connectivity index (χ1v) is 10.8. The van der Waals surface area contributed by atoms with Crippen molar-refractivity contribution >= 4 is 45.8 Å². The van der Waals surface area contributed by atoms with Crippen LogP contribution in [0.4, 0.5) is 0 Å². The summed E-state index contributed by atoms with van der Waals surface area (Å²) in [5.41, 5.74) is 3.48. The maximum atomic E-state index is 13.2. The molecular weight excluding hydrogens is 457 g/mol. The van der Waals surface area contributed by atoms with E-state index in [4.69, 9.17) is 44.0 Å². The first-order valence-electron chi connectivity index (χ1n) is 9.62. The highest BCUT2D eigenvalue weighted by molar-refractivity contribution is 6.35. The van der Waals surface area contributed by atoms with Crippen molar-refractivity contribution in [2.75, 3.05) is 6.73 Å². The molecule has 0 saturated heterocycles. The van der Waals surface area contributed by atoms with Crippen LogP contribution < -0.4 is 10.2 Å². The second-order valence-corrected chi connectivity index (χ2v) is 8.68. The molecule has 5 rings (SSSR count). The van der Waals surface area contributed by atoms with E-state index in [1.54, 1.807) is 36.4 Å². The van der Waals surface area contributed by atoms with E-state index in [2.05, 4.69) is 4.90 Å². The molecule has 1 aliphatic rings. The van der Waals surface area contributed by atoms with Crippen molar-refractivity contribution < 1.29 is 9.15 Å². The third-order valence-electron chi connectivity index (χ3n) is 5.35. The van der Waals surface area contributed by atoms with Gasteiger partial charge >= 0.3 is 0 Å². The lowest BCUT2D eigenvalue weighted by Crippen LogP contribution is -2.31. The molecule has 0 spiro atoms. The van der Waals surface area contributed by atoms with Gasteiger partial charge in [0.05, 0.1) is 16.5 Å². The fourth-order valence-corrected chi connectivity index (χ4v) is 4.37. The zero-order valence-corrected chi connectivity index (χ0v) is 18.5. The predicted molar refractivity (Wildman–Crippen MR) is 124 cm³/mol. The molecule has 2 heterocycles. The second-order valence-electron chi connectivity index (χ2n) is 7.40. The summed E-state index contributed by atoms with van der Waals surface area (Å²) in [5, 5.41) is 2.33. The lowest BCUT2D eigenvalue weighted by Gasteiger charge is -2.29. The van der Waals surface area contributed by atoms with E-state index in [1.165, 1.54) is 6.26 Å². The minimum Gasteiger partial charge on any atom is -0.478 e. The number of halogens is 3. The summed E-state index contributed by atoms with van der Waals surface area (Å²) >= 11 is 18.3. The largest absolute Gasteiger partial charge is 0.478 e. The fourth-order valence-electron chi connectivity index (χ4n) is 3.78. The van der Waals surface area contributed by atoms with Gasteiger partial charge in [-0.1, -0.05) is 53.0 Å². The third-order valence-corrected chi connectivity index (χ3v) is 6.19. The van der Waals surface area contributed by atoms with Crippen LogP contribution in [-0.2, 0) is 13.1 Å². The highest BCUT2D eigenvalue weighted by Gasteiger charge is 2.23. The Kier molecular flexibility index (Phi) is 5.40. The van der Waals surface area contributed by atoms with E-state index in [0.717, 1.165) is 16.7 Å². The zero-order chi connectivity index (χ0) is 21.5. The minimum atomic E-state index is -0.0933. The Hall–Kier alpha value is -2.50. The minimum absolute atomic E-state index is 0.0933. The molecule has 1 aromatic heterocycles. The van der Waals surface area contributed by atoms with Crippen molar-refractivity contribution in [2.24, 2.45) is 0 Å². The maximum absolute atomic E-state index is 13.2. The van der Waals surface area contributed by atoms with Gasteiger partial charge in [0.25, 0.3) is 0 Å². The van der Waals surface area contributed by atoms with Crippen molar-refractivity contribution in [1.29, 1.82) is 0 Å². The number of fused-ring (bicyclic) bond motifs is 3. The van der Waals surface area contributed by atoms with Gasteiger partial charge in [0.1, 0.15) is 24.3 Å². The van der Waals surface area contributed by atoms with Crippen LogP contribution in [0.2, 0.25) is 15.1 Å². The van der Waals surface area contributed by atoms with Crippen LogP contribution in [0.5, 0.6) is 5.75 Å². The Morgan fingerprint density at radius 1 is 0.935 bits per heavy atom. The number of benzene rings is 3. The predicted octanol–water partition coefficient (Wildman–Crippen LogP) is 6.77. The molecule has 31 heavy (non-hydrogen) atoms. The molecule has 3 aromatic carbocycles. The molecule has 4 nitrogen and oxygen atoms in total. The van der Waals surface area contributed by atoms with Gasteiger partial charge in [0.2, 0.25) is 5.43 Å². The van der Waals surface area contributed by atoms with Crippen LogP contribution in [0.1, 0.15) is 11.1 Å². The second kappa shape index (κ2) is 8.21. The average molecular weight is 473 g/mol. The van der Waals surface area contributed by atoms with Crippen LogP contribution in [0.15, 0.2) is 70.1 Å². The molecule has 0 amide bonds. The summed E-state index contributed by atoms with van der Waals surface area (Å²) in [5.74, 6) is 0.716. The number of hydrogen-bond donors (Lipinski definition) is 0. The summed E-state index contributed by atoms with van der Waals surface area (Å²) in [4.78, 5) is 15.3. The molecule has 0 aliphatic carbocycles. The van der Waals surface area contributed by atoms with Gasteiger partial charge in [-0.3, -0.25) is 9.69 Å². The number of rotatable bonds is 3. The molecule has 0 radical (unpaired) electrons. The van der Waals surface area contributed by atoms with Gasteiger partial charge in [0.15, 0.2) is 0 Å². The summed E-state index contributed by atoms with van der Waals surface area (Å²) in [7, 11) is 0. The van der Waals surface area contributed by atoms with E-state index >= 15 is 0 Å². The third kappa shape index (κ3) is 3.92. The summed E-state index contributed by atoms with van der Waals surface area (Å²) in [6.07, 6.45) is 1.50. The van der Waals surface area contributed by atoms with Gasteiger partial charge in [-0.25, -0.2) is 0 Å². The van der Waals surface area contributed by atoms with Crippen LogP contribution in [0, 0.1) is 0 Å². The van der Waals surface area contributed by atoms with Crippen LogP contribution >= 0.6 is 34.8 Å². The van der Waals surface area contributed by atoms with E-state index in [1.807, 2.05) is 18.2 Å². The SMILES string of the molecule is O=c1c(-c2ccc(Cl)cc2)coc2c3c(ccc12)OCN(Cc1ccc(Cl)cc1Cl)C3. The molecule has 0 saturated carbocycles. The molecule has 156 valence electrons. The van der Waals surface area contributed by atoms with Crippen LogP contribution in [-0.4, -0.2) is 11.6 Å². The standard InChI is InChI=1S/C24H16Cl3NO3/c25-16-4-1-14(2-5-16)20-12-30-24-18(23(20)29)7-8-22-19(24)11-28(13-31-22)10-15-3-6-17(26)9-21(15)27/h1-9,12H,10-11,13H2. The van der Waals surface area contributed by atoms with E-state index < -0.39 is 0 Å². The molecule has 0 unspecified atom stereocenters. The fraction of sp³-hybridized carbons (Fsp3) is 0.125. The number of hydrogen-bond acceptors (Lipinski definition) is 4.